The van der Waals surface area contributed by atoms with Crippen molar-refractivity contribution < 1.29 is 17.4 Å². The van der Waals surface area contributed by atoms with Crippen LogP contribution in [0.1, 0.15) is 11.4 Å². The minimum absolute atomic E-state index is 0.00449. The molecule has 138 valence electrons. The molecule has 0 atom stereocenters. The summed E-state index contributed by atoms with van der Waals surface area (Å²) in [7, 11) is -4.11. The molecule has 0 aliphatic rings. The third-order valence-electron chi connectivity index (χ3n) is 3.06. The molecule has 26 heavy (non-hydrogen) atoms. The molecule has 0 bridgehead atoms. The Labute approximate surface area is 160 Å². The van der Waals surface area contributed by atoms with E-state index in [0.717, 1.165) is 0 Å². The van der Waals surface area contributed by atoms with E-state index in [9.17, 15) is 8.42 Å². The van der Waals surface area contributed by atoms with E-state index in [2.05, 4.69) is 37.8 Å². The van der Waals surface area contributed by atoms with Crippen LogP contribution in [-0.4, -0.2) is 35.1 Å². The van der Waals surface area contributed by atoms with Crippen molar-refractivity contribution in [3.8, 4) is 0 Å². The lowest BCUT2D eigenvalue weighted by molar-refractivity contribution is -0.673. The number of nitrogens with zero attached hydrogens (tertiary/aromatic N) is 3. The van der Waals surface area contributed by atoms with E-state index in [1.807, 2.05) is 0 Å². The molecule has 1 aromatic carbocycles. The van der Waals surface area contributed by atoms with Crippen molar-refractivity contribution in [3.63, 3.8) is 0 Å². The number of benzene rings is 1. The van der Waals surface area contributed by atoms with E-state index in [1.165, 1.54) is 12.1 Å². The Morgan fingerprint density at radius 2 is 1.96 bits per heavy atom. The summed E-state index contributed by atoms with van der Waals surface area (Å²) in [4.78, 5) is 13.6. The number of hydrogen-bond acceptors (Lipinski definition) is 5. The quantitative estimate of drug-likeness (QED) is 0.232. The molecule has 10 heteroatoms. The molecular formula is C16H19BrN5O3S+. The number of sulfonamides is 1. The Hall–Kier alpha value is -2.46. The molecule has 0 aliphatic heterocycles. The molecule has 2 aromatic rings. The third-order valence-corrected chi connectivity index (χ3v) is 5.67. The summed E-state index contributed by atoms with van der Waals surface area (Å²) >= 11 is 3.23. The summed E-state index contributed by atoms with van der Waals surface area (Å²) < 4.78 is 26.9. The highest BCUT2D eigenvalue weighted by atomic mass is 79.9. The molecule has 0 unspecified atom stereocenters. The Bertz CT molecular complexity index is 940. The topological polar surface area (TPSA) is 110 Å². The second-order valence-electron chi connectivity index (χ2n) is 5.23. The summed E-state index contributed by atoms with van der Waals surface area (Å²) in [5.74, 6) is -0.137. The first kappa shape index (κ1) is 19.9. The summed E-state index contributed by atoms with van der Waals surface area (Å²) in [6.07, 6.45) is 1.41. The molecule has 0 saturated carbocycles. The molecule has 8 nitrogen and oxygen atoms in total. The van der Waals surface area contributed by atoms with Gasteiger partial charge >= 0.3 is 16.0 Å². The fraction of sp³-hybridized carbons (Fsp3) is 0.188. The van der Waals surface area contributed by atoms with Gasteiger partial charge in [-0.05, 0) is 48.0 Å². The van der Waals surface area contributed by atoms with Gasteiger partial charge in [-0.25, -0.2) is 15.3 Å². The fourth-order valence-corrected chi connectivity index (χ4v) is 4.22. The van der Waals surface area contributed by atoms with Crippen LogP contribution in [0.4, 0.5) is 5.95 Å². The van der Waals surface area contributed by atoms with Crippen molar-refractivity contribution in [2.24, 2.45) is 5.73 Å². The molecule has 0 amide bonds. The van der Waals surface area contributed by atoms with Gasteiger partial charge < -0.3 is 4.84 Å². The van der Waals surface area contributed by atoms with Crippen molar-refractivity contribution in [3.05, 3.63) is 58.8 Å². The number of nitrogens with one attached hydrogen (secondary N) is 1. The normalized spacial score (nSPS) is 12.3. The zero-order chi connectivity index (χ0) is 19.3. The van der Waals surface area contributed by atoms with Gasteiger partial charge in [0.15, 0.2) is 6.61 Å². The molecule has 0 aliphatic carbocycles. The van der Waals surface area contributed by atoms with Gasteiger partial charge in [0, 0.05) is 20.0 Å². The maximum Gasteiger partial charge on any atom is 0.404 e. The van der Waals surface area contributed by atoms with E-state index in [1.54, 1.807) is 38.1 Å². The zero-order valence-corrected chi connectivity index (χ0v) is 16.7. The van der Waals surface area contributed by atoms with E-state index in [0.29, 0.717) is 20.0 Å². The number of hydrogen-bond donors (Lipinski definition) is 2. The summed E-state index contributed by atoms with van der Waals surface area (Å²) in [5, 5.41) is 2.67. The molecule has 1 heterocycles. The van der Waals surface area contributed by atoms with Crippen LogP contribution in [0.2, 0.25) is 0 Å². The van der Waals surface area contributed by atoms with Gasteiger partial charge in [-0.3, -0.25) is 5.73 Å². The lowest BCUT2D eigenvalue weighted by Crippen LogP contribution is -2.39. The van der Waals surface area contributed by atoms with Gasteiger partial charge in [0.25, 0.3) is 5.95 Å². The van der Waals surface area contributed by atoms with Crippen LogP contribution in [-0.2, 0) is 14.9 Å². The summed E-state index contributed by atoms with van der Waals surface area (Å²) in [5.41, 5.74) is 7.38. The fourth-order valence-electron chi connectivity index (χ4n) is 2.07. The molecule has 0 fully saturated rings. The van der Waals surface area contributed by atoms with E-state index >= 15 is 0 Å². The highest BCUT2D eigenvalue weighted by molar-refractivity contribution is 9.10. The smallest absolute Gasteiger partial charge is 0.342 e. The van der Waals surface area contributed by atoms with Crippen LogP contribution >= 0.6 is 15.9 Å². The van der Waals surface area contributed by atoms with Gasteiger partial charge in [0.1, 0.15) is 4.90 Å². The van der Waals surface area contributed by atoms with Crippen molar-refractivity contribution in [2.45, 2.75) is 18.7 Å². The van der Waals surface area contributed by atoms with Crippen molar-refractivity contribution in [1.82, 2.24) is 9.97 Å². The van der Waals surface area contributed by atoms with Crippen LogP contribution in [0, 0.1) is 13.8 Å². The first-order valence-electron chi connectivity index (χ1n) is 7.51. The molecule has 0 saturated heterocycles. The van der Waals surface area contributed by atoms with Crippen molar-refractivity contribution >= 4 is 37.9 Å². The van der Waals surface area contributed by atoms with Crippen LogP contribution in [0.15, 0.2) is 52.4 Å². The SMILES string of the molecule is C=CCO[N+](=C(N)Nc1nc(C)cc(C)n1)S(=O)(=O)c1ccccc1Br. The van der Waals surface area contributed by atoms with Gasteiger partial charge in [-0.2, -0.15) is 8.42 Å². The average Bonchev–Trinajstić information content (AvgIpc) is 2.54. The number of rotatable bonds is 6. The van der Waals surface area contributed by atoms with Crippen LogP contribution < -0.4 is 11.1 Å². The number of anilines is 1. The largest absolute Gasteiger partial charge is 0.404 e. The van der Waals surface area contributed by atoms with E-state index in [4.69, 9.17) is 10.6 Å². The maximum absolute atomic E-state index is 13.0. The lowest BCUT2D eigenvalue weighted by Gasteiger charge is -2.11. The lowest BCUT2D eigenvalue weighted by atomic mass is 10.4. The standard InChI is InChI=1S/C16H18BrN5O3S/c1-4-9-25-22(26(23,24)14-8-6-5-7-13(14)17)15(18)21-16-19-11(2)10-12(3)20-16/h4-8,10H,1,9H2,2-3H3,(H2,18,19,20,21)/p+1. The number of aromatic nitrogens is 2. The maximum atomic E-state index is 13.0. The Balaban J connectivity index is 2.52. The van der Waals surface area contributed by atoms with E-state index < -0.39 is 10.0 Å². The summed E-state index contributed by atoms with van der Waals surface area (Å²) in [6, 6.07) is 8.12. The van der Waals surface area contributed by atoms with Crippen LogP contribution in [0.25, 0.3) is 0 Å². The predicted molar refractivity (Wildman–Crippen MR) is 102 cm³/mol. The molecule has 0 radical (unpaired) electrons. The summed E-state index contributed by atoms with van der Waals surface area (Å²) in [6.45, 7) is 7.03. The Kier molecular flexibility index (Phi) is 6.32. The minimum atomic E-state index is -4.11. The minimum Gasteiger partial charge on any atom is -0.342 e. The van der Waals surface area contributed by atoms with E-state index in [-0.39, 0.29) is 23.4 Å². The second kappa shape index (κ2) is 8.28. The van der Waals surface area contributed by atoms with Gasteiger partial charge in [-0.15, -0.1) is 0 Å². The molecule has 3 N–H and O–H groups in total. The number of guanidine groups is 1. The van der Waals surface area contributed by atoms with Gasteiger partial charge in [0.2, 0.25) is 0 Å². The average molecular weight is 441 g/mol. The first-order valence-corrected chi connectivity index (χ1v) is 9.74. The number of nitrogens with two attached hydrogens (primary N) is 1. The molecule has 1 aromatic heterocycles. The highest BCUT2D eigenvalue weighted by Crippen LogP contribution is 2.23. The van der Waals surface area contributed by atoms with Crippen LogP contribution in [0.3, 0.4) is 0 Å². The van der Waals surface area contributed by atoms with Crippen molar-refractivity contribution in [1.29, 1.82) is 0 Å². The number of aryl methyl sites for hydroxylation is 2. The second-order valence-corrected chi connectivity index (χ2v) is 7.81. The van der Waals surface area contributed by atoms with Gasteiger partial charge in [-0.1, -0.05) is 24.8 Å². The monoisotopic (exact) mass is 440 g/mol. The molecule has 0 spiro atoms. The molecule has 2 rings (SSSR count). The van der Waals surface area contributed by atoms with Crippen LogP contribution in [0.5, 0.6) is 0 Å². The highest BCUT2D eigenvalue weighted by Gasteiger charge is 2.30. The third kappa shape index (κ3) is 4.58. The van der Waals surface area contributed by atoms with Gasteiger partial charge in [0.05, 0.1) is 0 Å². The number of halogens is 1. The first-order chi connectivity index (χ1) is 12.3. The zero-order valence-electron chi connectivity index (χ0n) is 14.3. The van der Waals surface area contributed by atoms with Crippen molar-refractivity contribution in [2.75, 3.05) is 11.9 Å². The molecular weight excluding hydrogens is 422 g/mol. The Morgan fingerprint density at radius 1 is 1.35 bits per heavy atom. The predicted octanol–water partition coefficient (Wildman–Crippen LogP) is 2.10. The Morgan fingerprint density at radius 3 is 2.54 bits per heavy atom.